The minimum atomic E-state index is 0.0321. The number of likely N-dealkylation sites (N-methyl/N-ethyl adjacent to an activating group) is 1. The molecular formula is C21H26ClN5O. The summed E-state index contributed by atoms with van der Waals surface area (Å²) in [5.74, 6) is 1.85. The van der Waals surface area contributed by atoms with Crippen molar-refractivity contribution in [3.05, 3.63) is 51.9 Å². The topological polar surface area (TPSA) is 52.6 Å². The van der Waals surface area contributed by atoms with Gasteiger partial charge in [-0.2, -0.15) is 0 Å². The van der Waals surface area contributed by atoms with Gasteiger partial charge < -0.3 is 14.7 Å². The lowest BCUT2D eigenvalue weighted by molar-refractivity contribution is 0.0733. The van der Waals surface area contributed by atoms with E-state index in [2.05, 4.69) is 21.7 Å². The summed E-state index contributed by atoms with van der Waals surface area (Å²) in [5, 5.41) is 0.637. The lowest BCUT2D eigenvalue weighted by Crippen LogP contribution is -2.47. The van der Waals surface area contributed by atoms with E-state index in [4.69, 9.17) is 16.6 Å². The summed E-state index contributed by atoms with van der Waals surface area (Å²) in [5.41, 5.74) is 2.85. The second-order valence-electron chi connectivity index (χ2n) is 7.42. The molecular weight excluding hydrogens is 374 g/mol. The number of piperazine rings is 1. The molecule has 1 saturated heterocycles. The number of anilines is 1. The van der Waals surface area contributed by atoms with Crippen LogP contribution in [0.25, 0.3) is 0 Å². The van der Waals surface area contributed by atoms with Crippen molar-refractivity contribution >= 4 is 23.3 Å². The summed E-state index contributed by atoms with van der Waals surface area (Å²) < 4.78 is 0. The average Bonchev–Trinajstić information content (AvgIpc) is 2.73. The molecule has 148 valence electrons. The molecule has 0 saturated carbocycles. The molecule has 6 nitrogen and oxygen atoms in total. The number of rotatable bonds is 3. The SMILES string of the molecule is CCN1CCN(c2nc(C)nc3c2CN(C(=O)c2ccc(Cl)cc2)CC3)CC1. The first kappa shape index (κ1) is 19.2. The molecule has 0 aliphatic carbocycles. The molecule has 0 N–H and O–H groups in total. The van der Waals surface area contributed by atoms with Crippen LogP contribution in [0, 0.1) is 6.92 Å². The predicted molar refractivity (Wildman–Crippen MR) is 111 cm³/mol. The maximum atomic E-state index is 13.0. The van der Waals surface area contributed by atoms with Gasteiger partial charge in [0.2, 0.25) is 0 Å². The summed E-state index contributed by atoms with van der Waals surface area (Å²) in [4.78, 5) is 29.1. The standard InChI is InChI=1S/C21H26ClN5O/c1-3-25-10-12-26(13-11-25)20-18-14-27(9-8-19(18)23-15(2)24-20)21(28)16-4-6-17(22)7-5-16/h4-7H,3,8-14H2,1-2H3. The van der Waals surface area contributed by atoms with Crippen LogP contribution < -0.4 is 4.90 Å². The molecule has 7 heteroatoms. The van der Waals surface area contributed by atoms with E-state index in [1.54, 1.807) is 24.3 Å². The third kappa shape index (κ3) is 3.84. The molecule has 1 aromatic carbocycles. The van der Waals surface area contributed by atoms with Gasteiger partial charge in [-0.25, -0.2) is 9.97 Å². The lowest BCUT2D eigenvalue weighted by Gasteiger charge is -2.37. The van der Waals surface area contributed by atoms with Crippen molar-refractivity contribution in [1.29, 1.82) is 0 Å². The average molecular weight is 400 g/mol. The number of halogens is 1. The zero-order valence-corrected chi connectivity index (χ0v) is 17.2. The van der Waals surface area contributed by atoms with Crippen LogP contribution in [-0.2, 0) is 13.0 Å². The molecule has 2 aliphatic rings. The minimum absolute atomic E-state index is 0.0321. The van der Waals surface area contributed by atoms with E-state index >= 15 is 0 Å². The van der Waals surface area contributed by atoms with Gasteiger partial charge in [0.05, 0.1) is 12.2 Å². The molecule has 1 amide bonds. The second-order valence-corrected chi connectivity index (χ2v) is 7.86. The molecule has 0 radical (unpaired) electrons. The molecule has 0 bridgehead atoms. The van der Waals surface area contributed by atoms with E-state index < -0.39 is 0 Å². The number of nitrogens with zero attached hydrogens (tertiary/aromatic N) is 5. The highest BCUT2D eigenvalue weighted by Crippen LogP contribution is 2.28. The van der Waals surface area contributed by atoms with Crippen molar-refractivity contribution in [3.63, 3.8) is 0 Å². The fraction of sp³-hybridized carbons (Fsp3) is 0.476. The first-order valence-electron chi connectivity index (χ1n) is 9.93. The number of aryl methyl sites for hydroxylation is 1. The number of benzene rings is 1. The summed E-state index contributed by atoms with van der Waals surface area (Å²) in [6, 6.07) is 7.10. The van der Waals surface area contributed by atoms with E-state index in [1.807, 2.05) is 11.8 Å². The second kappa shape index (κ2) is 8.05. The van der Waals surface area contributed by atoms with Gasteiger partial charge in [-0.3, -0.25) is 4.79 Å². The zero-order valence-electron chi connectivity index (χ0n) is 16.5. The van der Waals surface area contributed by atoms with E-state index in [0.29, 0.717) is 23.7 Å². The maximum absolute atomic E-state index is 13.0. The van der Waals surface area contributed by atoms with E-state index in [9.17, 15) is 4.79 Å². The highest BCUT2D eigenvalue weighted by molar-refractivity contribution is 6.30. The monoisotopic (exact) mass is 399 g/mol. The van der Waals surface area contributed by atoms with E-state index in [-0.39, 0.29) is 5.91 Å². The van der Waals surface area contributed by atoms with Crippen LogP contribution in [0.3, 0.4) is 0 Å². The molecule has 3 heterocycles. The molecule has 2 aromatic rings. The molecule has 2 aliphatic heterocycles. The quantitative estimate of drug-likeness (QED) is 0.794. The number of hydrogen-bond acceptors (Lipinski definition) is 5. The summed E-state index contributed by atoms with van der Waals surface area (Å²) in [6.45, 7) is 10.5. The molecule has 28 heavy (non-hydrogen) atoms. The summed E-state index contributed by atoms with van der Waals surface area (Å²) >= 11 is 5.96. The Balaban J connectivity index is 1.58. The maximum Gasteiger partial charge on any atom is 0.254 e. The Morgan fingerprint density at radius 2 is 1.79 bits per heavy atom. The van der Waals surface area contributed by atoms with Gasteiger partial charge in [0.15, 0.2) is 0 Å². The van der Waals surface area contributed by atoms with Gasteiger partial charge >= 0.3 is 0 Å². The van der Waals surface area contributed by atoms with E-state index in [1.165, 1.54) is 0 Å². The highest BCUT2D eigenvalue weighted by Gasteiger charge is 2.28. The Morgan fingerprint density at radius 1 is 1.07 bits per heavy atom. The molecule has 0 unspecified atom stereocenters. The first-order valence-corrected chi connectivity index (χ1v) is 10.3. The third-order valence-corrected chi connectivity index (χ3v) is 5.90. The van der Waals surface area contributed by atoms with Gasteiger partial charge in [-0.1, -0.05) is 18.5 Å². The first-order chi connectivity index (χ1) is 13.5. The molecule has 0 atom stereocenters. The van der Waals surface area contributed by atoms with Crippen molar-refractivity contribution in [3.8, 4) is 0 Å². The van der Waals surface area contributed by atoms with Crippen LogP contribution in [-0.4, -0.2) is 64.9 Å². The number of carbonyl (C=O) groups excluding carboxylic acids is 1. The normalized spacial score (nSPS) is 17.5. The smallest absolute Gasteiger partial charge is 0.254 e. The van der Waals surface area contributed by atoms with Crippen molar-refractivity contribution in [1.82, 2.24) is 19.8 Å². The Hall–Kier alpha value is -2.18. The molecule has 1 aromatic heterocycles. The van der Waals surface area contributed by atoms with Gasteiger partial charge in [0.25, 0.3) is 5.91 Å². The van der Waals surface area contributed by atoms with Crippen LogP contribution in [0.2, 0.25) is 5.02 Å². The van der Waals surface area contributed by atoms with Crippen molar-refractivity contribution in [2.24, 2.45) is 0 Å². The largest absolute Gasteiger partial charge is 0.354 e. The van der Waals surface area contributed by atoms with Gasteiger partial charge in [-0.15, -0.1) is 0 Å². The predicted octanol–water partition coefficient (Wildman–Crippen LogP) is 2.78. The Labute approximate surface area is 171 Å². The van der Waals surface area contributed by atoms with Crippen LogP contribution in [0.5, 0.6) is 0 Å². The molecule has 0 spiro atoms. The van der Waals surface area contributed by atoms with Gasteiger partial charge in [0.1, 0.15) is 11.6 Å². The number of amides is 1. The Kier molecular flexibility index (Phi) is 5.51. The zero-order chi connectivity index (χ0) is 19.7. The Bertz CT molecular complexity index is 862. The summed E-state index contributed by atoms with van der Waals surface area (Å²) in [7, 11) is 0. The summed E-state index contributed by atoms with van der Waals surface area (Å²) in [6.07, 6.45) is 0.764. The van der Waals surface area contributed by atoms with Crippen LogP contribution >= 0.6 is 11.6 Å². The lowest BCUT2D eigenvalue weighted by atomic mass is 10.0. The van der Waals surface area contributed by atoms with Crippen molar-refractivity contribution in [2.75, 3.05) is 44.2 Å². The van der Waals surface area contributed by atoms with Crippen molar-refractivity contribution in [2.45, 2.75) is 26.8 Å². The highest BCUT2D eigenvalue weighted by atomic mass is 35.5. The molecule has 1 fully saturated rings. The Morgan fingerprint density at radius 3 is 2.46 bits per heavy atom. The number of carbonyl (C=O) groups is 1. The van der Waals surface area contributed by atoms with Gasteiger partial charge in [-0.05, 0) is 37.7 Å². The minimum Gasteiger partial charge on any atom is -0.354 e. The third-order valence-electron chi connectivity index (χ3n) is 5.65. The van der Waals surface area contributed by atoms with Crippen molar-refractivity contribution < 1.29 is 4.79 Å². The van der Waals surface area contributed by atoms with E-state index in [0.717, 1.165) is 62.0 Å². The number of hydrogen-bond donors (Lipinski definition) is 0. The van der Waals surface area contributed by atoms with Gasteiger partial charge in [0, 0.05) is 55.3 Å². The van der Waals surface area contributed by atoms with Crippen LogP contribution in [0.1, 0.15) is 34.4 Å². The van der Waals surface area contributed by atoms with Crippen LogP contribution in [0.15, 0.2) is 24.3 Å². The fourth-order valence-electron chi connectivity index (χ4n) is 4.00. The fourth-order valence-corrected chi connectivity index (χ4v) is 4.13. The number of aromatic nitrogens is 2. The molecule has 4 rings (SSSR count). The van der Waals surface area contributed by atoms with Crippen LogP contribution in [0.4, 0.5) is 5.82 Å². The number of fused-ring (bicyclic) bond motifs is 1.